The lowest BCUT2D eigenvalue weighted by atomic mass is 9.81. The lowest BCUT2D eigenvalue weighted by Gasteiger charge is -2.29. The minimum atomic E-state index is -1.72. The standard InChI is InChI=1S/C77H102N14O23/c1-42(81-46(5)92)65(100)82-45(4)68(103)87-60(38-48-18-10-7-11-19-48)74(109)89-59(37-47-16-8-6-9-17-47)73(108)84-43(2)66(101)83-44(3)67(102)85-55(30-33-63(96)97)72(107)86-54(29-32-62(94)95)70(105)80-41-61(93)79-40-49-23-27-52(28-24-49)69(104)88-58(39-50-25-26-51-20-12-13-21-53(51)36-50)71(106)78-35-15-14-22-56(75(110)111)90-77(114)91-57(76(112)113)31-34-64(98)99/h6-13,16-21,25-26,36,42-45,49,52,54-60H,14-15,22-24,27-35,37-41H2,1-5H3,(H,78,106)(H,79,93)(H,80,105)(H,81,92)(H,82,100)(H,83,101)(H,84,108)(H,85,102)(H,86,107)(H,87,103)(H,88,104)(H,89,109)(H,94,95)(H,96,97)(H,98,99)(H,110,111)(H,112,113)(H2,90,91,114)/t42-,43-,44-,45-,49?,52?,54-,55-,56-,57-,58-,59-,60-/m0/s1. The Morgan fingerprint density at radius 3 is 1.26 bits per heavy atom. The van der Waals surface area contributed by atoms with Crippen LogP contribution in [0.3, 0.4) is 0 Å². The highest BCUT2D eigenvalue weighted by molar-refractivity contribution is 5.99. The molecule has 0 radical (unpaired) electrons. The van der Waals surface area contributed by atoms with Crippen LogP contribution in [0.1, 0.15) is 135 Å². The van der Waals surface area contributed by atoms with E-state index in [2.05, 4.69) is 74.4 Å². The van der Waals surface area contributed by atoms with Crippen LogP contribution in [0, 0.1) is 11.8 Å². The van der Waals surface area contributed by atoms with Crippen molar-refractivity contribution in [3.05, 3.63) is 120 Å². The van der Waals surface area contributed by atoms with E-state index in [0.717, 1.165) is 16.3 Å². The van der Waals surface area contributed by atoms with E-state index in [1.54, 1.807) is 60.7 Å². The average Bonchev–Trinajstić information content (AvgIpc) is 0.827. The molecule has 1 saturated carbocycles. The van der Waals surface area contributed by atoms with Crippen LogP contribution in [0.15, 0.2) is 103 Å². The molecule has 114 heavy (non-hydrogen) atoms. The van der Waals surface area contributed by atoms with Crippen LogP contribution in [0.4, 0.5) is 4.79 Å². The minimum absolute atomic E-state index is 0.0358. The van der Waals surface area contributed by atoms with Gasteiger partial charge in [0, 0.05) is 64.5 Å². The third-order valence-electron chi connectivity index (χ3n) is 18.6. The van der Waals surface area contributed by atoms with Gasteiger partial charge in [0.15, 0.2) is 0 Å². The summed E-state index contributed by atoms with van der Waals surface area (Å²) in [6, 6.07) is 13.6. The van der Waals surface area contributed by atoms with Gasteiger partial charge in [-0.3, -0.25) is 71.9 Å². The summed E-state index contributed by atoms with van der Waals surface area (Å²) >= 11 is 0. The van der Waals surface area contributed by atoms with Crippen molar-refractivity contribution in [1.82, 2.24) is 74.4 Å². The molecule has 14 amide bonds. The largest absolute Gasteiger partial charge is 0.481 e. The monoisotopic (exact) mass is 1590 g/mol. The molecule has 0 aromatic heterocycles. The molecule has 1 fully saturated rings. The quantitative estimate of drug-likeness (QED) is 0.0247. The normalized spacial score (nSPS) is 15.9. The molecule has 0 aliphatic heterocycles. The number of unbranched alkanes of at least 4 members (excludes halogenated alkanes) is 1. The van der Waals surface area contributed by atoms with Gasteiger partial charge in [0.2, 0.25) is 70.9 Å². The molecular weight excluding hydrogens is 1490 g/mol. The van der Waals surface area contributed by atoms with Crippen LogP contribution in [-0.4, -0.2) is 218 Å². The van der Waals surface area contributed by atoms with Crippen molar-refractivity contribution in [2.75, 3.05) is 19.6 Å². The van der Waals surface area contributed by atoms with Crippen LogP contribution in [-0.2, 0) is 101 Å². The first-order valence-electron chi connectivity index (χ1n) is 37.3. The topological polar surface area (TPSA) is 577 Å². The number of urea groups is 1. The number of amides is 14. The molecule has 1 aliphatic carbocycles. The summed E-state index contributed by atoms with van der Waals surface area (Å²) in [6.45, 7) is 5.93. The fourth-order valence-electron chi connectivity index (χ4n) is 12.2. The minimum Gasteiger partial charge on any atom is -0.481 e. The van der Waals surface area contributed by atoms with E-state index in [1.807, 2.05) is 42.5 Å². The molecule has 37 heteroatoms. The lowest BCUT2D eigenvalue weighted by Crippen LogP contribution is -2.60. The molecule has 5 rings (SSSR count). The van der Waals surface area contributed by atoms with Gasteiger partial charge in [0.05, 0.1) is 6.54 Å². The Balaban J connectivity index is 1.14. The Bertz CT molecular complexity index is 4070. The predicted octanol–water partition coefficient (Wildman–Crippen LogP) is -0.544. The molecule has 0 spiro atoms. The van der Waals surface area contributed by atoms with Gasteiger partial charge in [-0.1, -0.05) is 103 Å². The molecule has 618 valence electrons. The van der Waals surface area contributed by atoms with Crippen LogP contribution in [0.5, 0.6) is 0 Å². The molecule has 4 aromatic rings. The molecule has 0 saturated heterocycles. The van der Waals surface area contributed by atoms with E-state index in [4.69, 9.17) is 5.11 Å². The maximum absolute atomic E-state index is 14.3. The Hall–Kier alpha value is -12.6. The second-order valence-electron chi connectivity index (χ2n) is 27.9. The highest BCUT2D eigenvalue weighted by atomic mass is 16.4. The molecule has 0 bridgehead atoms. The number of fused-ring (bicyclic) bond motifs is 1. The van der Waals surface area contributed by atoms with Crippen molar-refractivity contribution in [1.29, 1.82) is 0 Å². The summed E-state index contributed by atoms with van der Waals surface area (Å²) in [5.41, 5.74) is 1.91. The number of carbonyl (C=O) groups excluding carboxylic acids is 13. The number of hydrogen-bond donors (Lipinski definition) is 19. The van der Waals surface area contributed by atoms with Gasteiger partial charge in [-0.2, -0.15) is 0 Å². The zero-order chi connectivity index (χ0) is 84.1. The molecule has 19 N–H and O–H groups in total. The SMILES string of the molecule is CC(=O)N[C@@H](C)C(=O)N[C@@H](C)C(=O)N[C@@H](Cc1ccccc1)C(=O)N[C@@H](Cc1ccccc1)C(=O)N[C@@H](C)C(=O)N[C@@H](C)C(=O)N[C@@H](CCC(=O)O)C(=O)N[C@@H](CCC(=O)O)C(=O)NCC(=O)NCC1CCC(C(=O)N[C@@H](Cc2ccc3ccccc3c2)C(=O)NCCCC[C@H](NC(=O)N[C@@H](CCC(=O)O)C(=O)O)C(=O)O)CC1. The van der Waals surface area contributed by atoms with Gasteiger partial charge in [0.1, 0.15) is 66.5 Å². The van der Waals surface area contributed by atoms with Gasteiger partial charge in [-0.05, 0) is 125 Å². The average molecular weight is 1590 g/mol. The summed E-state index contributed by atoms with van der Waals surface area (Å²) in [4.78, 5) is 233. The van der Waals surface area contributed by atoms with Crippen molar-refractivity contribution in [2.45, 2.75) is 204 Å². The van der Waals surface area contributed by atoms with Crippen LogP contribution >= 0.6 is 0 Å². The summed E-state index contributed by atoms with van der Waals surface area (Å²) in [6.07, 6.45) is -1.77. The van der Waals surface area contributed by atoms with Crippen molar-refractivity contribution in [2.24, 2.45) is 11.8 Å². The summed E-state index contributed by atoms with van der Waals surface area (Å²) in [5, 5.41) is 83.8. The summed E-state index contributed by atoms with van der Waals surface area (Å²) in [7, 11) is 0. The maximum atomic E-state index is 14.3. The number of hydrogen-bond acceptors (Lipinski definition) is 18. The molecule has 37 nitrogen and oxygen atoms in total. The van der Waals surface area contributed by atoms with E-state index in [0.29, 0.717) is 36.8 Å². The van der Waals surface area contributed by atoms with Crippen molar-refractivity contribution < 1.29 is 112 Å². The summed E-state index contributed by atoms with van der Waals surface area (Å²) in [5.74, 6) is -17.2. The first-order chi connectivity index (χ1) is 54.0. The highest BCUT2D eigenvalue weighted by Crippen LogP contribution is 2.29. The van der Waals surface area contributed by atoms with Crippen molar-refractivity contribution >= 4 is 118 Å². The lowest BCUT2D eigenvalue weighted by molar-refractivity contribution is -0.141. The molecule has 1 aliphatic rings. The Morgan fingerprint density at radius 2 is 0.754 bits per heavy atom. The number of carboxylic acid groups (broad SMARTS) is 5. The summed E-state index contributed by atoms with van der Waals surface area (Å²) < 4.78 is 0. The van der Waals surface area contributed by atoms with E-state index < -0.39 is 224 Å². The fraction of sp³-hybridized carbons (Fsp3) is 0.481. The Morgan fingerprint density at radius 1 is 0.360 bits per heavy atom. The molecule has 11 atom stereocenters. The van der Waals surface area contributed by atoms with Crippen molar-refractivity contribution in [3.8, 4) is 0 Å². The number of rotatable bonds is 47. The zero-order valence-electron chi connectivity index (χ0n) is 63.8. The fourth-order valence-corrected chi connectivity index (χ4v) is 12.2. The molecular formula is C77H102N14O23. The maximum Gasteiger partial charge on any atom is 0.326 e. The molecule has 0 unspecified atom stereocenters. The highest BCUT2D eigenvalue weighted by Gasteiger charge is 2.36. The van der Waals surface area contributed by atoms with Gasteiger partial charge in [0.25, 0.3) is 0 Å². The number of nitrogens with one attached hydrogen (secondary N) is 14. The second kappa shape index (κ2) is 46.9. The number of carboxylic acids is 5. The van der Waals surface area contributed by atoms with Gasteiger partial charge in [-0.25, -0.2) is 14.4 Å². The Kier molecular flexibility index (Phi) is 37.9. The van der Waals surface area contributed by atoms with Crippen LogP contribution in [0.25, 0.3) is 10.8 Å². The molecule has 4 aromatic carbocycles. The number of benzene rings is 4. The van der Waals surface area contributed by atoms with Crippen LogP contribution in [0.2, 0.25) is 0 Å². The first kappa shape index (κ1) is 92.0. The molecule has 0 heterocycles. The van der Waals surface area contributed by atoms with Crippen LogP contribution < -0.4 is 74.4 Å². The van der Waals surface area contributed by atoms with Gasteiger partial charge in [-0.15, -0.1) is 0 Å². The third kappa shape index (κ3) is 33.1. The smallest absolute Gasteiger partial charge is 0.326 e. The van der Waals surface area contributed by atoms with E-state index in [1.165, 1.54) is 34.6 Å². The number of aliphatic carboxylic acids is 5. The van der Waals surface area contributed by atoms with E-state index >= 15 is 0 Å². The second-order valence-corrected chi connectivity index (χ2v) is 27.9. The number of carbonyl (C=O) groups is 18. The van der Waals surface area contributed by atoms with E-state index in [-0.39, 0.29) is 57.5 Å². The third-order valence-corrected chi connectivity index (χ3v) is 18.6. The van der Waals surface area contributed by atoms with Gasteiger partial charge >= 0.3 is 35.9 Å². The predicted molar refractivity (Wildman–Crippen MR) is 407 cm³/mol. The zero-order valence-corrected chi connectivity index (χ0v) is 63.8. The van der Waals surface area contributed by atoms with E-state index in [9.17, 15) is 107 Å². The first-order valence-corrected chi connectivity index (χ1v) is 37.3. The Labute approximate surface area is 656 Å². The van der Waals surface area contributed by atoms with Gasteiger partial charge < -0.3 is 100.0 Å². The van der Waals surface area contributed by atoms with Crippen molar-refractivity contribution in [3.63, 3.8) is 0 Å².